The first-order chi connectivity index (χ1) is 9.67. The zero-order valence-corrected chi connectivity index (χ0v) is 13.3. The fourth-order valence-electron chi connectivity index (χ4n) is 1.76. The second kappa shape index (κ2) is 5.41. The molecule has 0 fully saturated rings. The SMILES string of the molecule is CNc1nc(Nc2ccc(Cl)cc2I)c2cn[nH]c2n1. The molecule has 3 N–H and O–H groups in total. The maximum atomic E-state index is 5.96. The zero-order valence-electron chi connectivity index (χ0n) is 10.4. The normalized spacial score (nSPS) is 10.8. The average molecular weight is 401 g/mol. The third-order valence-electron chi connectivity index (χ3n) is 2.72. The molecule has 1 aromatic carbocycles. The predicted octanol–water partition coefficient (Wildman–Crippen LogP) is 3.40. The van der Waals surface area contributed by atoms with Crippen LogP contribution >= 0.6 is 34.2 Å². The van der Waals surface area contributed by atoms with Crippen molar-refractivity contribution in [2.75, 3.05) is 17.7 Å². The molecular weight excluding hydrogens is 391 g/mol. The van der Waals surface area contributed by atoms with Crippen molar-refractivity contribution >= 4 is 62.7 Å². The van der Waals surface area contributed by atoms with E-state index in [4.69, 9.17) is 11.6 Å². The van der Waals surface area contributed by atoms with Crippen LogP contribution in [-0.4, -0.2) is 27.2 Å². The third kappa shape index (κ3) is 2.50. The lowest BCUT2D eigenvalue weighted by atomic mass is 10.3. The van der Waals surface area contributed by atoms with Crippen molar-refractivity contribution in [2.45, 2.75) is 0 Å². The van der Waals surface area contributed by atoms with E-state index in [0.29, 0.717) is 22.4 Å². The van der Waals surface area contributed by atoms with E-state index in [1.807, 2.05) is 18.2 Å². The molecule has 0 spiro atoms. The Morgan fingerprint density at radius 1 is 1.30 bits per heavy atom. The number of halogens is 2. The highest BCUT2D eigenvalue weighted by atomic mass is 127. The second-order valence-electron chi connectivity index (χ2n) is 4.03. The van der Waals surface area contributed by atoms with Gasteiger partial charge in [0.15, 0.2) is 5.65 Å². The summed E-state index contributed by atoms with van der Waals surface area (Å²) in [6, 6.07) is 5.63. The van der Waals surface area contributed by atoms with E-state index in [0.717, 1.165) is 14.6 Å². The van der Waals surface area contributed by atoms with E-state index >= 15 is 0 Å². The summed E-state index contributed by atoms with van der Waals surface area (Å²) >= 11 is 8.19. The first-order valence-corrected chi connectivity index (χ1v) is 7.24. The first-order valence-electron chi connectivity index (χ1n) is 5.78. The van der Waals surface area contributed by atoms with Gasteiger partial charge in [0.25, 0.3) is 0 Å². The Hall–Kier alpha value is -1.61. The van der Waals surface area contributed by atoms with Crippen molar-refractivity contribution in [1.82, 2.24) is 20.2 Å². The van der Waals surface area contributed by atoms with Crippen LogP contribution in [0, 0.1) is 3.57 Å². The molecule has 20 heavy (non-hydrogen) atoms. The minimum Gasteiger partial charge on any atom is -0.357 e. The first kappa shape index (κ1) is 13.4. The number of nitrogens with one attached hydrogen (secondary N) is 3. The fourth-order valence-corrected chi connectivity index (χ4v) is 2.77. The summed E-state index contributed by atoms with van der Waals surface area (Å²) in [4.78, 5) is 8.71. The van der Waals surface area contributed by atoms with Gasteiger partial charge < -0.3 is 10.6 Å². The van der Waals surface area contributed by atoms with Crippen LogP contribution in [0.5, 0.6) is 0 Å². The van der Waals surface area contributed by atoms with Gasteiger partial charge in [0, 0.05) is 15.6 Å². The van der Waals surface area contributed by atoms with E-state index in [9.17, 15) is 0 Å². The molecule has 102 valence electrons. The van der Waals surface area contributed by atoms with Gasteiger partial charge in [-0.25, -0.2) is 0 Å². The standard InChI is InChI=1S/C12H10ClIN6/c1-15-12-18-10(7-5-16-20-11(7)19-12)17-9-3-2-6(13)4-8(9)14/h2-5H,1H3,(H3,15,16,17,18,19,20). The molecule has 2 heterocycles. The van der Waals surface area contributed by atoms with Crippen LogP contribution in [0.15, 0.2) is 24.4 Å². The van der Waals surface area contributed by atoms with E-state index in [1.54, 1.807) is 13.2 Å². The molecule has 0 radical (unpaired) electrons. The van der Waals surface area contributed by atoms with E-state index in [2.05, 4.69) is 53.4 Å². The highest BCUT2D eigenvalue weighted by Crippen LogP contribution is 2.28. The molecule has 0 bridgehead atoms. The molecule has 0 aliphatic rings. The zero-order chi connectivity index (χ0) is 14.1. The molecule has 0 aliphatic heterocycles. The molecule has 0 amide bonds. The number of hydrogen-bond acceptors (Lipinski definition) is 5. The minimum absolute atomic E-state index is 0.522. The van der Waals surface area contributed by atoms with Crippen molar-refractivity contribution in [3.8, 4) is 0 Å². The molecule has 3 rings (SSSR count). The van der Waals surface area contributed by atoms with E-state index < -0.39 is 0 Å². The topological polar surface area (TPSA) is 78.5 Å². The predicted molar refractivity (Wildman–Crippen MR) is 88.7 cm³/mol. The van der Waals surface area contributed by atoms with Crippen molar-refractivity contribution in [3.63, 3.8) is 0 Å². The average Bonchev–Trinajstić information content (AvgIpc) is 2.90. The monoisotopic (exact) mass is 400 g/mol. The third-order valence-corrected chi connectivity index (χ3v) is 3.85. The Bertz CT molecular complexity index is 772. The molecule has 2 aromatic heterocycles. The van der Waals surface area contributed by atoms with Crippen molar-refractivity contribution < 1.29 is 0 Å². The largest absolute Gasteiger partial charge is 0.357 e. The molecular formula is C12H10ClIN6. The van der Waals surface area contributed by atoms with Gasteiger partial charge >= 0.3 is 0 Å². The van der Waals surface area contributed by atoms with Crippen LogP contribution in [0.3, 0.4) is 0 Å². The Morgan fingerprint density at radius 3 is 2.90 bits per heavy atom. The van der Waals surface area contributed by atoms with Crippen LogP contribution in [0.2, 0.25) is 5.02 Å². The Balaban J connectivity index is 2.07. The van der Waals surface area contributed by atoms with Crippen LogP contribution in [0.1, 0.15) is 0 Å². The molecule has 8 heteroatoms. The Labute approximate surface area is 133 Å². The molecule has 0 saturated heterocycles. The van der Waals surface area contributed by atoms with Gasteiger partial charge in [-0.3, -0.25) is 5.10 Å². The quantitative estimate of drug-likeness (QED) is 0.587. The number of H-pyrrole nitrogens is 1. The molecule has 6 nitrogen and oxygen atoms in total. The number of anilines is 3. The molecule has 0 saturated carbocycles. The Morgan fingerprint density at radius 2 is 2.15 bits per heavy atom. The summed E-state index contributed by atoms with van der Waals surface area (Å²) in [6.07, 6.45) is 1.69. The van der Waals surface area contributed by atoms with Crippen molar-refractivity contribution in [2.24, 2.45) is 0 Å². The van der Waals surface area contributed by atoms with Crippen LogP contribution in [-0.2, 0) is 0 Å². The summed E-state index contributed by atoms with van der Waals surface area (Å²) < 4.78 is 1.01. The van der Waals surface area contributed by atoms with Crippen molar-refractivity contribution in [3.05, 3.63) is 33.0 Å². The molecule has 0 atom stereocenters. The number of nitrogens with zero attached hydrogens (tertiary/aromatic N) is 3. The number of benzene rings is 1. The maximum absolute atomic E-state index is 5.96. The fraction of sp³-hybridized carbons (Fsp3) is 0.0833. The Kier molecular flexibility index (Phi) is 3.62. The highest BCUT2D eigenvalue weighted by Gasteiger charge is 2.10. The van der Waals surface area contributed by atoms with Crippen LogP contribution < -0.4 is 10.6 Å². The van der Waals surface area contributed by atoms with Gasteiger partial charge in [-0.1, -0.05) is 11.6 Å². The van der Waals surface area contributed by atoms with E-state index in [1.165, 1.54) is 0 Å². The van der Waals surface area contributed by atoms with Gasteiger partial charge in [0.05, 0.1) is 17.3 Å². The number of aromatic amines is 1. The van der Waals surface area contributed by atoms with Gasteiger partial charge in [0.1, 0.15) is 5.82 Å². The summed E-state index contributed by atoms with van der Waals surface area (Å²) in [5, 5.41) is 14.6. The van der Waals surface area contributed by atoms with Gasteiger partial charge in [-0.2, -0.15) is 15.1 Å². The summed E-state index contributed by atoms with van der Waals surface area (Å²) in [5.41, 5.74) is 1.61. The lowest BCUT2D eigenvalue weighted by Gasteiger charge is -2.10. The minimum atomic E-state index is 0.522. The molecule has 0 aliphatic carbocycles. The lowest BCUT2D eigenvalue weighted by molar-refractivity contribution is 1.09. The summed E-state index contributed by atoms with van der Waals surface area (Å²) in [5.74, 6) is 1.21. The van der Waals surface area contributed by atoms with Crippen LogP contribution in [0.4, 0.5) is 17.5 Å². The summed E-state index contributed by atoms with van der Waals surface area (Å²) in [6.45, 7) is 0. The van der Waals surface area contributed by atoms with Crippen molar-refractivity contribution in [1.29, 1.82) is 0 Å². The maximum Gasteiger partial charge on any atom is 0.226 e. The molecule has 0 unspecified atom stereocenters. The number of aromatic nitrogens is 4. The van der Waals surface area contributed by atoms with E-state index in [-0.39, 0.29) is 0 Å². The van der Waals surface area contributed by atoms with Crippen LogP contribution in [0.25, 0.3) is 11.0 Å². The van der Waals surface area contributed by atoms with Gasteiger partial charge in [-0.05, 0) is 40.8 Å². The summed E-state index contributed by atoms with van der Waals surface area (Å²) in [7, 11) is 1.77. The number of fused-ring (bicyclic) bond motifs is 1. The second-order valence-corrected chi connectivity index (χ2v) is 5.63. The highest BCUT2D eigenvalue weighted by molar-refractivity contribution is 14.1. The smallest absolute Gasteiger partial charge is 0.226 e. The van der Waals surface area contributed by atoms with Gasteiger partial charge in [0.2, 0.25) is 5.95 Å². The number of hydrogen-bond donors (Lipinski definition) is 3. The lowest BCUT2D eigenvalue weighted by Crippen LogP contribution is -2.02. The van der Waals surface area contributed by atoms with Gasteiger partial charge in [-0.15, -0.1) is 0 Å². The molecule has 3 aromatic rings. The number of rotatable bonds is 3.